The second-order valence-electron chi connectivity index (χ2n) is 4.72. The fourth-order valence-electron chi connectivity index (χ4n) is 2.22. The minimum atomic E-state index is -3.87. The SMILES string of the molecule is O=C(O)c1cn[nH]c1S(=O)(=O)NCCN1CCCCC1. The Morgan fingerprint density at radius 2 is 2.10 bits per heavy atom. The lowest BCUT2D eigenvalue weighted by molar-refractivity contribution is 0.0692. The Hall–Kier alpha value is -1.45. The van der Waals surface area contributed by atoms with Gasteiger partial charge in [0.2, 0.25) is 0 Å². The van der Waals surface area contributed by atoms with Gasteiger partial charge in [-0.15, -0.1) is 0 Å². The first kappa shape index (κ1) is 14.9. The largest absolute Gasteiger partial charge is 0.478 e. The molecule has 8 nitrogen and oxygen atoms in total. The average Bonchev–Trinajstić information content (AvgIpc) is 2.90. The first-order valence-electron chi connectivity index (χ1n) is 6.49. The van der Waals surface area contributed by atoms with Crippen molar-refractivity contribution in [2.45, 2.75) is 24.3 Å². The molecule has 1 aliphatic heterocycles. The number of rotatable bonds is 6. The Bertz CT molecular complexity index is 563. The van der Waals surface area contributed by atoms with Crippen LogP contribution in [0, 0.1) is 0 Å². The molecule has 20 heavy (non-hydrogen) atoms. The zero-order valence-corrected chi connectivity index (χ0v) is 11.8. The van der Waals surface area contributed by atoms with Crippen molar-refractivity contribution in [3.8, 4) is 0 Å². The van der Waals surface area contributed by atoms with Gasteiger partial charge in [-0.25, -0.2) is 17.9 Å². The van der Waals surface area contributed by atoms with Crippen LogP contribution in [0.5, 0.6) is 0 Å². The van der Waals surface area contributed by atoms with Crippen molar-refractivity contribution in [2.75, 3.05) is 26.2 Å². The molecule has 1 fully saturated rings. The van der Waals surface area contributed by atoms with Crippen LogP contribution in [0.4, 0.5) is 0 Å². The average molecular weight is 302 g/mol. The van der Waals surface area contributed by atoms with Crippen LogP contribution in [0.3, 0.4) is 0 Å². The number of sulfonamides is 1. The summed E-state index contributed by atoms with van der Waals surface area (Å²) >= 11 is 0. The van der Waals surface area contributed by atoms with Crippen LogP contribution in [0.25, 0.3) is 0 Å². The first-order valence-corrected chi connectivity index (χ1v) is 7.98. The number of likely N-dealkylation sites (tertiary alicyclic amines) is 1. The minimum Gasteiger partial charge on any atom is -0.478 e. The molecule has 0 saturated carbocycles. The zero-order chi connectivity index (χ0) is 14.6. The first-order chi connectivity index (χ1) is 9.50. The highest BCUT2D eigenvalue weighted by Crippen LogP contribution is 2.12. The van der Waals surface area contributed by atoms with Gasteiger partial charge in [-0.1, -0.05) is 6.42 Å². The molecule has 2 heterocycles. The summed E-state index contributed by atoms with van der Waals surface area (Å²) < 4.78 is 26.4. The quantitative estimate of drug-likeness (QED) is 0.674. The molecular formula is C11H18N4O4S. The summed E-state index contributed by atoms with van der Waals surface area (Å²) in [6.07, 6.45) is 4.48. The van der Waals surface area contributed by atoms with Crippen LogP contribution >= 0.6 is 0 Å². The molecule has 1 saturated heterocycles. The lowest BCUT2D eigenvalue weighted by atomic mass is 10.1. The van der Waals surface area contributed by atoms with Crippen molar-refractivity contribution < 1.29 is 18.3 Å². The summed E-state index contributed by atoms with van der Waals surface area (Å²) in [5.74, 6) is -1.32. The maximum Gasteiger partial charge on any atom is 0.340 e. The number of carbonyl (C=O) groups is 1. The summed E-state index contributed by atoms with van der Waals surface area (Å²) in [5.41, 5.74) is -0.351. The topological polar surface area (TPSA) is 115 Å². The maximum absolute atomic E-state index is 12.0. The van der Waals surface area contributed by atoms with E-state index in [0.29, 0.717) is 6.54 Å². The predicted molar refractivity (Wildman–Crippen MR) is 71.0 cm³/mol. The third-order valence-electron chi connectivity index (χ3n) is 3.27. The third-order valence-corrected chi connectivity index (χ3v) is 4.71. The second-order valence-corrected chi connectivity index (χ2v) is 6.42. The van der Waals surface area contributed by atoms with Crippen LogP contribution in [0.2, 0.25) is 0 Å². The highest BCUT2D eigenvalue weighted by atomic mass is 32.2. The van der Waals surface area contributed by atoms with E-state index in [1.807, 2.05) is 0 Å². The number of hydrogen-bond acceptors (Lipinski definition) is 5. The molecule has 0 atom stereocenters. The summed E-state index contributed by atoms with van der Waals surface area (Å²) in [4.78, 5) is 13.1. The monoisotopic (exact) mass is 302 g/mol. The standard InChI is InChI=1S/C11H18N4O4S/c16-11(17)9-8-12-14-10(9)20(18,19)13-4-7-15-5-2-1-3-6-15/h8,13H,1-7H2,(H,12,14)(H,16,17). The van der Waals surface area contributed by atoms with Crippen molar-refractivity contribution in [2.24, 2.45) is 0 Å². The molecule has 1 aliphatic rings. The van der Waals surface area contributed by atoms with Gasteiger partial charge in [-0.05, 0) is 25.9 Å². The van der Waals surface area contributed by atoms with Crippen LogP contribution in [0.15, 0.2) is 11.2 Å². The molecule has 2 rings (SSSR count). The number of hydrogen-bond donors (Lipinski definition) is 3. The Kier molecular flexibility index (Phi) is 4.73. The van der Waals surface area contributed by atoms with Crippen molar-refractivity contribution in [3.63, 3.8) is 0 Å². The molecule has 0 radical (unpaired) electrons. The number of H-pyrrole nitrogens is 1. The van der Waals surface area contributed by atoms with Crippen LogP contribution in [-0.2, 0) is 10.0 Å². The van der Waals surface area contributed by atoms with Gasteiger partial charge in [-0.3, -0.25) is 5.10 Å². The Morgan fingerprint density at radius 1 is 1.40 bits per heavy atom. The number of aromatic carboxylic acids is 1. The van der Waals surface area contributed by atoms with Gasteiger partial charge in [0, 0.05) is 13.1 Å². The number of aromatic nitrogens is 2. The molecule has 9 heteroatoms. The molecule has 0 bridgehead atoms. The maximum atomic E-state index is 12.0. The van der Waals surface area contributed by atoms with Crippen LogP contribution < -0.4 is 4.72 Å². The van der Waals surface area contributed by atoms with E-state index in [2.05, 4.69) is 19.8 Å². The second kappa shape index (κ2) is 6.33. The Morgan fingerprint density at radius 3 is 2.75 bits per heavy atom. The molecule has 3 N–H and O–H groups in total. The number of aromatic amines is 1. The zero-order valence-electron chi connectivity index (χ0n) is 11.0. The van der Waals surface area contributed by atoms with Crippen LogP contribution in [-0.4, -0.2) is 60.8 Å². The van der Waals surface area contributed by atoms with Crippen molar-refractivity contribution in [1.82, 2.24) is 19.8 Å². The lowest BCUT2D eigenvalue weighted by Gasteiger charge is -2.26. The van der Waals surface area contributed by atoms with Gasteiger partial charge in [0.25, 0.3) is 10.0 Å². The van der Waals surface area contributed by atoms with Crippen molar-refractivity contribution in [1.29, 1.82) is 0 Å². The van der Waals surface area contributed by atoms with Gasteiger partial charge < -0.3 is 10.0 Å². The van der Waals surface area contributed by atoms with E-state index in [-0.39, 0.29) is 12.1 Å². The van der Waals surface area contributed by atoms with E-state index in [9.17, 15) is 13.2 Å². The van der Waals surface area contributed by atoms with E-state index < -0.39 is 21.0 Å². The number of nitrogens with zero attached hydrogens (tertiary/aromatic N) is 2. The molecular weight excluding hydrogens is 284 g/mol. The van der Waals surface area contributed by atoms with Gasteiger partial charge in [0.15, 0.2) is 5.03 Å². The highest BCUT2D eigenvalue weighted by molar-refractivity contribution is 7.89. The Balaban J connectivity index is 1.93. The summed E-state index contributed by atoms with van der Waals surface area (Å²) in [5, 5.41) is 14.2. The number of carboxylic acid groups (broad SMARTS) is 1. The number of nitrogens with one attached hydrogen (secondary N) is 2. The summed E-state index contributed by atoms with van der Waals surface area (Å²) in [6, 6.07) is 0. The molecule has 0 spiro atoms. The minimum absolute atomic E-state index is 0.250. The molecule has 1 aromatic heterocycles. The molecule has 0 aliphatic carbocycles. The number of carboxylic acids is 1. The summed E-state index contributed by atoms with van der Waals surface area (Å²) in [6.45, 7) is 2.83. The molecule has 0 amide bonds. The van der Waals surface area contributed by atoms with Crippen molar-refractivity contribution >= 4 is 16.0 Å². The lowest BCUT2D eigenvalue weighted by Crippen LogP contribution is -2.38. The Labute approximate surface area is 117 Å². The highest BCUT2D eigenvalue weighted by Gasteiger charge is 2.24. The molecule has 1 aromatic rings. The summed E-state index contributed by atoms with van der Waals surface area (Å²) in [7, 11) is -3.87. The number of piperidine rings is 1. The van der Waals surface area contributed by atoms with E-state index in [1.165, 1.54) is 6.42 Å². The normalized spacial score (nSPS) is 17.2. The van der Waals surface area contributed by atoms with Gasteiger partial charge in [0.1, 0.15) is 5.56 Å². The fraction of sp³-hybridized carbons (Fsp3) is 0.636. The van der Waals surface area contributed by atoms with E-state index >= 15 is 0 Å². The van der Waals surface area contributed by atoms with Crippen LogP contribution in [0.1, 0.15) is 29.6 Å². The molecule has 0 aromatic carbocycles. The van der Waals surface area contributed by atoms with Crippen molar-refractivity contribution in [3.05, 3.63) is 11.8 Å². The van der Waals surface area contributed by atoms with Gasteiger partial charge >= 0.3 is 5.97 Å². The van der Waals surface area contributed by atoms with E-state index in [4.69, 9.17) is 5.11 Å². The third kappa shape index (κ3) is 3.56. The smallest absolute Gasteiger partial charge is 0.340 e. The molecule has 0 unspecified atom stereocenters. The predicted octanol–water partition coefficient (Wildman–Crippen LogP) is -0.128. The fourth-order valence-corrected chi connectivity index (χ4v) is 3.33. The van der Waals surface area contributed by atoms with E-state index in [0.717, 1.165) is 32.1 Å². The van der Waals surface area contributed by atoms with Gasteiger partial charge in [0.05, 0.1) is 6.20 Å². The van der Waals surface area contributed by atoms with Gasteiger partial charge in [-0.2, -0.15) is 5.10 Å². The molecule has 112 valence electrons. The van der Waals surface area contributed by atoms with E-state index in [1.54, 1.807) is 0 Å².